The van der Waals surface area contributed by atoms with E-state index >= 15 is 0 Å². The molecule has 1 heterocycles. The van der Waals surface area contributed by atoms with Gasteiger partial charge >= 0.3 is 6.18 Å². The molecule has 0 fully saturated rings. The third-order valence-electron chi connectivity index (χ3n) is 2.52. The molecule has 1 aromatic carbocycles. The van der Waals surface area contributed by atoms with Gasteiger partial charge in [0.25, 0.3) is 0 Å². The SMILES string of the molecule is FC(F)(F)c1ccc(-c2ccc(CS)cn2)cc1. The first-order chi connectivity index (χ1) is 8.50. The van der Waals surface area contributed by atoms with Gasteiger partial charge in [-0.25, -0.2) is 0 Å². The van der Waals surface area contributed by atoms with Gasteiger partial charge in [0.05, 0.1) is 11.3 Å². The predicted molar refractivity (Wildman–Crippen MR) is 67.4 cm³/mol. The molecule has 0 aliphatic carbocycles. The number of aromatic nitrogens is 1. The van der Waals surface area contributed by atoms with Crippen molar-refractivity contribution in [2.24, 2.45) is 0 Å². The monoisotopic (exact) mass is 269 g/mol. The molecule has 1 nitrogen and oxygen atoms in total. The van der Waals surface area contributed by atoms with E-state index in [9.17, 15) is 13.2 Å². The van der Waals surface area contributed by atoms with Gasteiger partial charge in [0, 0.05) is 17.5 Å². The molecule has 94 valence electrons. The maximum Gasteiger partial charge on any atom is 0.416 e. The Hall–Kier alpha value is -1.49. The Kier molecular flexibility index (Phi) is 3.61. The van der Waals surface area contributed by atoms with E-state index in [1.165, 1.54) is 12.1 Å². The lowest BCUT2D eigenvalue weighted by molar-refractivity contribution is -0.137. The molecule has 2 rings (SSSR count). The van der Waals surface area contributed by atoms with Gasteiger partial charge < -0.3 is 0 Å². The van der Waals surface area contributed by atoms with E-state index in [4.69, 9.17) is 0 Å². The van der Waals surface area contributed by atoms with E-state index in [1.807, 2.05) is 6.07 Å². The third-order valence-corrected chi connectivity index (χ3v) is 2.88. The minimum absolute atomic E-state index is 0.584. The van der Waals surface area contributed by atoms with Crippen molar-refractivity contribution in [3.8, 4) is 11.3 Å². The molecule has 0 amide bonds. The number of hydrogen-bond acceptors (Lipinski definition) is 2. The molecule has 0 unspecified atom stereocenters. The number of alkyl halides is 3. The molecule has 0 saturated heterocycles. The molecule has 0 N–H and O–H groups in total. The summed E-state index contributed by atoms with van der Waals surface area (Å²) in [6.45, 7) is 0. The number of benzene rings is 1. The highest BCUT2D eigenvalue weighted by Gasteiger charge is 2.29. The van der Waals surface area contributed by atoms with Crippen molar-refractivity contribution in [2.75, 3.05) is 0 Å². The van der Waals surface area contributed by atoms with Crippen LogP contribution >= 0.6 is 12.6 Å². The number of pyridine rings is 1. The number of hydrogen-bond donors (Lipinski definition) is 1. The lowest BCUT2D eigenvalue weighted by Crippen LogP contribution is -2.04. The van der Waals surface area contributed by atoms with E-state index in [0.717, 1.165) is 17.7 Å². The van der Waals surface area contributed by atoms with Crippen molar-refractivity contribution in [2.45, 2.75) is 11.9 Å². The Labute approximate surface area is 108 Å². The number of halogens is 3. The Morgan fingerprint density at radius 1 is 1.00 bits per heavy atom. The Morgan fingerprint density at radius 2 is 1.67 bits per heavy atom. The number of thiol groups is 1. The highest BCUT2D eigenvalue weighted by molar-refractivity contribution is 7.79. The Morgan fingerprint density at radius 3 is 2.11 bits per heavy atom. The van der Waals surface area contributed by atoms with Gasteiger partial charge in [0.15, 0.2) is 0 Å². The molecule has 5 heteroatoms. The molecule has 2 aromatic rings. The van der Waals surface area contributed by atoms with Gasteiger partial charge in [0.1, 0.15) is 0 Å². The largest absolute Gasteiger partial charge is 0.416 e. The summed E-state index contributed by atoms with van der Waals surface area (Å²) in [4.78, 5) is 4.18. The average Bonchev–Trinajstić information content (AvgIpc) is 2.38. The van der Waals surface area contributed by atoms with E-state index in [2.05, 4.69) is 17.6 Å². The van der Waals surface area contributed by atoms with Crippen LogP contribution in [0.1, 0.15) is 11.1 Å². The van der Waals surface area contributed by atoms with Crippen molar-refractivity contribution in [3.05, 3.63) is 53.7 Å². The van der Waals surface area contributed by atoms with Gasteiger partial charge in [-0.3, -0.25) is 4.98 Å². The first kappa shape index (κ1) is 13.0. The Bertz CT molecular complexity index is 517. The second kappa shape index (κ2) is 5.02. The Balaban J connectivity index is 2.28. The molecule has 0 spiro atoms. The summed E-state index contributed by atoms with van der Waals surface area (Å²) < 4.78 is 37.2. The normalized spacial score (nSPS) is 11.6. The summed E-state index contributed by atoms with van der Waals surface area (Å²) in [5.74, 6) is 0.584. The summed E-state index contributed by atoms with van der Waals surface area (Å²) in [5.41, 5.74) is 1.62. The molecule has 0 aliphatic heterocycles. The van der Waals surface area contributed by atoms with Gasteiger partial charge in [-0.05, 0) is 23.8 Å². The van der Waals surface area contributed by atoms with E-state index in [0.29, 0.717) is 17.0 Å². The molecular weight excluding hydrogens is 259 g/mol. The average molecular weight is 269 g/mol. The zero-order chi connectivity index (χ0) is 13.2. The van der Waals surface area contributed by atoms with E-state index in [-0.39, 0.29) is 0 Å². The molecular formula is C13H10F3NS. The zero-order valence-electron chi connectivity index (χ0n) is 9.28. The second-order valence-electron chi connectivity index (χ2n) is 3.78. The van der Waals surface area contributed by atoms with E-state index < -0.39 is 11.7 Å². The fourth-order valence-corrected chi connectivity index (χ4v) is 1.71. The zero-order valence-corrected chi connectivity index (χ0v) is 10.2. The van der Waals surface area contributed by atoms with Crippen LogP contribution in [0.3, 0.4) is 0 Å². The van der Waals surface area contributed by atoms with Crippen molar-refractivity contribution in [1.82, 2.24) is 4.98 Å². The minimum atomic E-state index is -4.30. The summed E-state index contributed by atoms with van der Waals surface area (Å²) in [6, 6.07) is 8.59. The van der Waals surface area contributed by atoms with E-state index in [1.54, 1.807) is 12.3 Å². The maximum absolute atomic E-state index is 12.4. The summed E-state index contributed by atoms with van der Waals surface area (Å²) in [5, 5.41) is 0. The molecule has 18 heavy (non-hydrogen) atoms. The third kappa shape index (κ3) is 2.85. The molecule has 0 radical (unpaired) electrons. The van der Waals surface area contributed by atoms with Crippen LogP contribution in [0.25, 0.3) is 11.3 Å². The summed E-state index contributed by atoms with van der Waals surface area (Å²) >= 11 is 4.11. The molecule has 1 aromatic heterocycles. The van der Waals surface area contributed by atoms with Crippen molar-refractivity contribution >= 4 is 12.6 Å². The molecule has 0 atom stereocenters. The van der Waals surface area contributed by atoms with Crippen LogP contribution in [0.2, 0.25) is 0 Å². The van der Waals surface area contributed by atoms with Gasteiger partial charge in [0.2, 0.25) is 0 Å². The molecule has 0 aliphatic rings. The van der Waals surface area contributed by atoms with Crippen molar-refractivity contribution in [1.29, 1.82) is 0 Å². The van der Waals surface area contributed by atoms with Crippen molar-refractivity contribution in [3.63, 3.8) is 0 Å². The first-order valence-electron chi connectivity index (χ1n) is 5.24. The highest BCUT2D eigenvalue weighted by atomic mass is 32.1. The predicted octanol–water partition coefficient (Wildman–Crippen LogP) is 4.20. The lowest BCUT2D eigenvalue weighted by atomic mass is 10.1. The van der Waals surface area contributed by atoms with Crippen LogP contribution in [0, 0.1) is 0 Å². The fourth-order valence-electron chi connectivity index (χ4n) is 1.52. The van der Waals surface area contributed by atoms with Gasteiger partial charge in [-0.1, -0.05) is 18.2 Å². The van der Waals surface area contributed by atoms with Gasteiger partial charge in [-0.2, -0.15) is 25.8 Å². The van der Waals surface area contributed by atoms with Crippen molar-refractivity contribution < 1.29 is 13.2 Å². The van der Waals surface area contributed by atoms with Crippen LogP contribution in [0.4, 0.5) is 13.2 Å². The van der Waals surface area contributed by atoms with Crippen LogP contribution in [0.15, 0.2) is 42.6 Å². The number of rotatable bonds is 2. The fraction of sp³-hybridized carbons (Fsp3) is 0.154. The minimum Gasteiger partial charge on any atom is -0.256 e. The maximum atomic E-state index is 12.4. The van der Waals surface area contributed by atoms with Crippen LogP contribution in [-0.4, -0.2) is 4.98 Å². The second-order valence-corrected chi connectivity index (χ2v) is 4.10. The van der Waals surface area contributed by atoms with Crippen LogP contribution < -0.4 is 0 Å². The smallest absolute Gasteiger partial charge is 0.256 e. The highest BCUT2D eigenvalue weighted by Crippen LogP contribution is 2.30. The summed E-state index contributed by atoms with van der Waals surface area (Å²) in [7, 11) is 0. The van der Waals surface area contributed by atoms with Crippen LogP contribution in [-0.2, 0) is 11.9 Å². The number of nitrogens with zero attached hydrogens (tertiary/aromatic N) is 1. The summed E-state index contributed by atoms with van der Waals surface area (Å²) in [6.07, 6.45) is -2.64. The molecule has 0 saturated carbocycles. The first-order valence-corrected chi connectivity index (χ1v) is 5.87. The van der Waals surface area contributed by atoms with Gasteiger partial charge in [-0.15, -0.1) is 0 Å². The standard InChI is InChI=1S/C13H10F3NS/c14-13(15,16)11-4-2-10(3-5-11)12-6-1-9(8-18)7-17-12/h1-7,18H,8H2. The van der Waals surface area contributed by atoms with Crippen LogP contribution in [0.5, 0.6) is 0 Å². The lowest BCUT2D eigenvalue weighted by Gasteiger charge is -2.07. The topological polar surface area (TPSA) is 12.9 Å². The quantitative estimate of drug-likeness (QED) is 0.806. The molecule has 0 bridgehead atoms.